The topological polar surface area (TPSA) is 286 Å². The van der Waals surface area contributed by atoms with Crippen LogP contribution in [0.3, 0.4) is 0 Å². The van der Waals surface area contributed by atoms with E-state index >= 15 is 0 Å². The van der Waals surface area contributed by atoms with Crippen LogP contribution in [0, 0.1) is 0 Å². The summed E-state index contributed by atoms with van der Waals surface area (Å²) in [6.45, 7) is 12.9. The van der Waals surface area contributed by atoms with Crippen LogP contribution in [0.5, 0.6) is 0 Å². The van der Waals surface area contributed by atoms with Gasteiger partial charge in [-0.25, -0.2) is 34.8 Å². The average Bonchev–Trinajstić information content (AvgIpc) is 0.781. The fraction of sp³-hybridized carbons (Fsp3) is 0.567. The van der Waals surface area contributed by atoms with Gasteiger partial charge in [-0.3, -0.25) is 9.59 Å². The first kappa shape index (κ1) is 103. The molecule has 0 bridgehead atoms. The fourth-order valence-electron chi connectivity index (χ4n) is 15.5. The van der Waals surface area contributed by atoms with Gasteiger partial charge in [-0.1, -0.05) is 106 Å². The second-order valence-electron chi connectivity index (χ2n) is 31.7. The number of halogens is 6. The summed E-state index contributed by atoms with van der Waals surface area (Å²) in [7, 11) is -4.91. The van der Waals surface area contributed by atoms with Crippen molar-refractivity contribution in [3.05, 3.63) is 189 Å². The Labute approximate surface area is 763 Å². The van der Waals surface area contributed by atoms with E-state index in [1.807, 2.05) is 57.5 Å². The number of hydrogen-bond donors (Lipinski definition) is 3. The standard InChI is InChI=1S/C90H123Cl6N7O18S3/c1-100-61-81(78-55-70(91)58-87(94)84(78)64-100)67-16-8-23-75(52-67)122(107,108)50-14-34-115-40-46-119-44-38-113-32-11-21-73(104)19-4-6-29-103(30-7-5-20-74(105)22-12-33-114-39-45-120-47-41-116-35-15-51-123(109,110)76-24-9-17-68(53-76)82-62-101(2)65-85-79(82)56-71(92)59-88(85)95)31-13-26-97-90(106)98-27-36-117-42-48-121-49-43-118-37-28-99-124(111,112)77-25-10-18-69(54-77)83-63-102(3)66-86-80(83)57-72(93)60-89(86)96/h8-10,16-18,23-25,52-60,81-83,99H,4-7,11-15,19-22,26-51,61-66H2,1-3H3,(H2,97,98,106)/t81-,82-,83-/m0/s1. The molecule has 9 rings (SSSR count). The summed E-state index contributed by atoms with van der Waals surface area (Å²) >= 11 is 38.9. The van der Waals surface area contributed by atoms with Gasteiger partial charge < -0.3 is 72.9 Å². The molecule has 3 aliphatic heterocycles. The molecule has 6 aromatic rings. The van der Waals surface area contributed by atoms with Crippen LogP contribution in [0.4, 0.5) is 4.79 Å². The number of ether oxygens (including phenoxy) is 9. The largest absolute Gasteiger partial charge is 0.379 e. The summed E-state index contributed by atoms with van der Waals surface area (Å²) in [5, 5.41) is 9.17. The van der Waals surface area contributed by atoms with Crippen LogP contribution >= 0.6 is 69.6 Å². The van der Waals surface area contributed by atoms with Gasteiger partial charge in [-0.15, -0.1) is 0 Å². The van der Waals surface area contributed by atoms with E-state index in [0.29, 0.717) is 226 Å². The Kier molecular flexibility index (Phi) is 45.2. The molecule has 0 radical (unpaired) electrons. The van der Waals surface area contributed by atoms with Crippen LogP contribution in [0.1, 0.15) is 151 Å². The molecular formula is C90H123Cl6N7O18S3. The first-order valence-electron chi connectivity index (χ1n) is 42.9. The zero-order valence-corrected chi connectivity index (χ0v) is 78.6. The Bertz CT molecular complexity index is 4240. The summed E-state index contributed by atoms with van der Waals surface area (Å²) in [5.74, 6) is -0.0192. The molecular weight excluding hydrogens is 1780 g/mol. The minimum atomic E-state index is -3.82. The number of hydrogen-bond acceptors (Lipinski definition) is 22. The van der Waals surface area contributed by atoms with Gasteiger partial charge in [0.2, 0.25) is 10.0 Å². The third-order valence-electron chi connectivity index (χ3n) is 21.8. The maximum atomic E-state index is 13.4. The molecule has 3 N–H and O–H groups in total. The molecule has 25 nitrogen and oxygen atoms in total. The first-order chi connectivity index (χ1) is 59.7. The van der Waals surface area contributed by atoms with E-state index < -0.39 is 29.7 Å². The maximum absolute atomic E-state index is 13.4. The van der Waals surface area contributed by atoms with E-state index in [0.717, 1.165) is 88.8 Å². The van der Waals surface area contributed by atoms with Crippen molar-refractivity contribution in [3.8, 4) is 0 Å². The van der Waals surface area contributed by atoms with Gasteiger partial charge in [0.05, 0.1) is 119 Å². The van der Waals surface area contributed by atoms with E-state index in [9.17, 15) is 39.6 Å². The third kappa shape index (κ3) is 35.3. The lowest BCUT2D eigenvalue weighted by Gasteiger charge is -2.33. The Morgan fingerprint density at radius 2 is 0.677 bits per heavy atom. The number of likely N-dealkylation sites (N-methyl/N-ethyl adjacent to an activating group) is 3. The Morgan fingerprint density at radius 3 is 1.06 bits per heavy atom. The third-order valence-corrected chi connectivity index (χ3v) is 28.5. The Morgan fingerprint density at radius 1 is 0.363 bits per heavy atom. The molecule has 0 aromatic heterocycles. The SMILES string of the molecule is CN1Cc2c(Cl)cc(Cl)cc2[C@H](c2cccc(S(=O)(=O)CCCOCCOCCOCCCC(=O)CCCCN(CCCCC(=O)CCCOCCOCCOCCCS(=O)(=O)c3cccc([C@@H]4CN(C)Cc5c(Cl)cc(Cl)cc54)c3)CCCNC(=O)NCCOCCOCCOCCNS(=O)(=O)c3cccc([C@@H]4CN(C)Cc5c(Cl)cc(Cl)cc54)c3)c2)C1. The highest BCUT2D eigenvalue weighted by molar-refractivity contribution is 7.91. The van der Waals surface area contributed by atoms with Crippen LogP contribution in [-0.2, 0) is 102 Å². The summed E-state index contributed by atoms with van der Waals surface area (Å²) in [5.41, 5.74) is 8.63. The van der Waals surface area contributed by atoms with Gasteiger partial charge in [-0.05, 0) is 221 Å². The van der Waals surface area contributed by atoms with E-state index in [1.165, 1.54) is 0 Å². The van der Waals surface area contributed by atoms with Crippen LogP contribution in [0.15, 0.2) is 124 Å². The van der Waals surface area contributed by atoms with Crippen molar-refractivity contribution in [1.29, 1.82) is 0 Å². The van der Waals surface area contributed by atoms with E-state index in [2.05, 4.69) is 35.0 Å². The second kappa shape index (κ2) is 54.6. The van der Waals surface area contributed by atoms with Crippen molar-refractivity contribution in [3.63, 3.8) is 0 Å². The molecule has 3 aliphatic rings. The quantitative estimate of drug-likeness (QED) is 0.0299. The molecule has 686 valence electrons. The number of carbonyl (C=O) groups is 3. The highest BCUT2D eigenvalue weighted by Gasteiger charge is 2.32. The number of rotatable bonds is 61. The predicted molar refractivity (Wildman–Crippen MR) is 488 cm³/mol. The van der Waals surface area contributed by atoms with Crippen molar-refractivity contribution < 1.29 is 82.3 Å². The lowest BCUT2D eigenvalue weighted by atomic mass is 9.85. The van der Waals surface area contributed by atoms with Crippen molar-refractivity contribution in [2.24, 2.45) is 0 Å². The van der Waals surface area contributed by atoms with E-state index in [-0.39, 0.29) is 108 Å². The number of nitrogens with zero attached hydrogens (tertiary/aromatic N) is 4. The molecule has 3 atom stereocenters. The number of benzene rings is 6. The monoisotopic (exact) mass is 1900 g/mol. The zero-order chi connectivity index (χ0) is 88.7. The lowest BCUT2D eigenvalue weighted by molar-refractivity contribution is -0.120. The Hall–Kier alpha value is -5.04. The number of Topliss-reactive ketones (excluding diaryl/α,β-unsaturated/α-hetero) is 2. The average molecular weight is 1900 g/mol. The smallest absolute Gasteiger partial charge is 0.314 e. The van der Waals surface area contributed by atoms with Crippen LogP contribution in [-0.4, -0.2) is 273 Å². The summed E-state index contributed by atoms with van der Waals surface area (Å²) in [6, 6.07) is 31.8. The van der Waals surface area contributed by atoms with Gasteiger partial charge >= 0.3 is 6.03 Å². The summed E-state index contributed by atoms with van der Waals surface area (Å²) in [6.07, 6.45) is 7.39. The number of sulfone groups is 2. The molecule has 124 heavy (non-hydrogen) atoms. The highest BCUT2D eigenvalue weighted by atomic mass is 35.5. The molecule has 0 aliphatic carbocycles. The molecule has 0 saturated heterocycles. The molecule has 0 fully saturated rings. The maximum Gasteiger partial charge on any atom is 0.314 e. The summed E-state index contributed by atoms with van der Waals surface area (Å²) in [4.78, 5) is 48.1. The lowest BCUT2D eigenvalue weighted by Crippen LogP contribution is -2.39. The minimum Gasteiger partial charge on any atom is -0.379 e. The molecule has 6 aromatic carbocycles. The second-order valence-corrected chi connectivity index (χ2v) is 40.2. The summed E-state index contributed by atoms with van der Waals surface area (Å²) < 4.78 is 134. The zero-order valence-electron chi connectivity index (χ0n) is 71.6. The van der Waals surface area contributed by atoms with E-state index in [1.54, 1.807) is 72.8 Å². The van der Waals surface area contributed by atoms with Crippen molar-refractivity contribution >= 4 is 117 Å². The number of amides is 2. The van der Waals surface area contributed by atoms with Crippen molar-refractivity contribution in [1.82, 2.24) is 35.0 Å². The fourth-order valence-corrected chi connectivity index (χ4v) is 20.9. The number of carbonyl (C=O) groups excluding carboxylic acids is 3. The van der Waals surface area contributed by atoms with Gasteiger partial charge in [0.15, 0.2) is 19.7 Å². The van der Waals surface area contributed by atoms with Gasteiger partial charge in [0.25, 0.3) is 0 Å². The highest BCUT2D eigenvalue weighted by Crippen LogP contribution is 2.43. The molecule has 0 saturated carbocycles. The number of ketones is 2. The predicted octanol–water partition coefficient (Wildman–Crippen LogP) is 14.5. The van der Waals surface area contributed by atoms with Gasteiger partial charge in [-0.2, -0.15) is 0 Å². The van der Waals surface area contributed by atoms with Crippen LogP contribution in [0.25, 0.3) is 0 Å². The molecule has 2 amide bonds. The Balaban J connectivity index is 0.584. The molecule has 3 heterocycles. The van der Waals surface area contributed by atoms with Crippen molar-refractivity contribution in [2.45, 2.75) is 136 Å². The number of fused-ring (bicyclic) bond motifs is 3. The first-order valence-corrected chi connectivity index (χ1v) is 50.0. The van der Waals surface area contributed by atoms with Crippen LogP contribution in [0.2, 0.25) is 30.1 Å². The van der Waals surface area contributed by atoms with Crippen molar-refractivity contribution in [2.75, 3.05) is 210 Å². The van der Waals surface area contributed by atoms with Gasteiger partial charge in [0, 0.05) is 159 Å². The molecule has 0 spiro atoms. The minimum absolute atomic E-state index is 0.0540. The number of urea groups is 1. The number of sulfonamides is 1. The molecule has 34 heteroatoms. The normalized spacial score (nSPS) is 15.9. The number of unbranched alkanes of at least 4 members (excludes halogenated alkanes) is 2. The molecule has 0 unspecified atom stereocenters. The number of nitrogens with one attached hydrogen (secondary N) is 3. The van der Waals surface area contributed by atoms with Gasteiger partial charge in [0.1, 0.15) is 11.6 Å². The van der Waals surface area contributed by atoms with E-state index in [4.69, 9.17) is 112 Å². The van der Waals surface area contributed by atoms with Crippen LogP contribution < -0.4 is 15.4 Å².